The molecule has 0 aromatic heterocycles. The number of carbonyl (C=O) groups excluding carboxylic acids is 1. The van der Waals surface area contributed by atoms with E-state index >= 15 is 0 Å². The Morgan fingerprint density at radius 3 is 2.93 bits per heavy atom. The second-order valence-electron chi connectivity index (χ2n) is 4.43. The van der Waals surface area contributed by atoms with Gasteiger partial charge in [0.05, 0.1) is 6.10 Å². The van der Waals surface area contributed by atoms with Gasteiger partial charge in [-0.3, -0.25) is 4.79 Å². The molecule has 2 aliphatic rings. The highest BCUT2D eigenvalue weighted by molar-refractivity contribution is 5.81. The predicted molar refractivity (Wildman–Crippen MR) is 57.6 cm³/mol. The van der Waals surface area contributed by atoms with Crippen LogP contribution >= 0.6 is 0 Å². The maximum atomic E-state index is 11.8. The van der Waals surface area contributed by atoms with E-state index in [-0.39, 0.29) is 12.0 Å². The summed E-state index contributed by atoms with van der Waals surface area (Å²) >= 11 is 0. The van der Waals surface area contributed by atoms with E-state index in [9.17, 15) is 4.79 Å². The molecule has 2 saturated heterocycles. The van der Waals surface area contributed by atoms with Gasteiger partial charge in [0.1, 0.15) is 6.10 Å². The molecule has 0 aromatic carbocycles. The van der Waals surface area contributed by atoms with Crippen LogP contribution in [0, 0.1) is 0 Å². The maximum Gasteiger partial charge on any atom is 0.249 e. The molecular weight excluding hydrogens is 192 g/mol. The molecule has 2 heterocycles. The number of carbonyl (C=O) groups is 1. The molecule has 1 amide bonds. The molecule has 2 rings (SSSR count). The quantitative estimate of drug-likeness (QED) is 0.713. The van der Waals surface area contributed by atoms with E-state index in [1.54, 1.807) is 0 Å². The lowest BCUT2D eigenvalue weighted by atomic mass is 10.1. The molecule has 2 fully saturated rings. The Bertz CT molecular complexity index is 227. The smallest absolute Gasteiger partial charge is 0.249 e. The minimum atomic E-state index is -0.199. The van der Waals surface area contributed by atoms with Crippen molar-refractivity contribution in [1.29, 1.82) is 0 Å². The molecule has 4 heteroatoms. The normalized spacial score (nSPS) is 35.7. The third-order valence-corrected chi connectivity index (χ3v) is 3.26. The van der Waals surface area contributed by atoms with E-state index in [2.05, 4.69) is 17.6 Å². The van der Waals surface area contributed by atoms with Gasteiger partial charge in [-0.05, 0) is 32.2 Å². The summed E-state index contributed by atoms with van der Waals surface area (Å²) in [5.74, 6) is 0.0830. The van der Waals surface area contributed by atoms with Gasteiger partial charge >= 0.3 is 0 Å². The van der Waals surface area contributed by atoms with Crippen molar-refractivity contribution in [2.75, 3.05) is 13.1 Å². The van der Waals surface area contributed by atoms with Crippen LogP contribution in [0.5, 0.6) is 0 Å². The molecule has 0 saturated carbocycles. The van der Waals surface area contributed by atoms with Crippen LogP contribution in [-0.4, -0.2) is 37.2 Å². The first-order valence-electron chi connectivity index (χ1n) is 5.96. The highest BCUT2D eigenvalue weighted by Crippen LogP contribution is 2.22. The highest BCUT2D eigenvalue weighted by Gasteiger charge is 2.31. The van der Waals surface area contributed by atoms with Gasteiger partial charge in [0.25, 0.3) is 0 Å². The Labute approximate surface area is 90.8 Å². The van der Waals surface area contributed by atoms with Gasteiger partial charge in [0.2, 0.25) is 5.91 Å². The van der Waals surface area contributed by atoms with Crippen LogP contribution < -0.4 is 10.6 Å². The van der Waals surface area contributed by atoms with Gasteiger partial charge in [-0.15, -0.1) is 0 Å². The van der Waals surface area contributed by atoms with Crippen LogP contribution in [0.1, 0.15) is 32.6 Å². The molecule has 2 aliphatic heterocycles. The Hall–Kier alpha value is -0.610. The average molecular weight is 212 g/mol. The van der Waals surface area contributed by atoms with Crippen molar-refractivity contribution in [2.45, 2.75) is 50.9 Å². The van der Waals surface area contributed by atoms with Crippen molar-refractivity contribution in [2.24, 2.45) is 0 Å². The number of ether oxygens (including phenoxy) is 1. The van der Waals surface area contributed by atoms with Crippen molar-refractivity contribution in [3.63, 3.8) is 0 Å². The number of hydrogen-bond acceptors (Lipinski definition) is 3. The molecule has 86 valence electrons. The fourth-order valence-electron chi connectivity index (χ4n) is 2.27. The Morgan fingerprint density at radius 1 is 1.47 bits per heavy atom. The minimum absolute atomic E-state index is 0.0830. The van der Waals surface area contributed by atoms with E-state index in [0.717, 1.165) is 38.8 Å². The zero-order chi connectivity index (χ0) is 10.7. The molecule has 3 unspecified atom stereocenters. The van der Waals surface area contributed by atoms with E-state index in [1.807, 2.05) is 0 Å². The van der Waals surface area contributed by atoms with Gasteiger partial charge < -0.3 is 15.4 Å². The zero-order valence-electron chi connectivity index (χ0n) is 9.29. The molecule has 3 atom stereocenters. The third-order valence-electron chi connectivity index (χ3n) is 3.26. The van der Waals surface area contributed by atoms with Crippen LogP contribution in [0.15, 0.2) is 0 Å². The number of rotatable bonds is 3. The first-order chi connectivity index (χ1) is 7.29. The summed E-state index contributed by atoms with van der Waals surface area (Å²) in [6, 6.07) is 0.307. The summed E-state index contributed by atoms with van der Waals surface area (Å²) in [4.78, 5) is 11.8. The maximum absolute atomic E-state index is 11.8. The van der Waals surface area contributed by atoms with E-state index in [4.69, 9.17) is 4.74 Å². The SMILES string of the molecule is CCC1CCC(C(=O)NC2CCNC2)O1. The van der Waals surface area contributed by atoms with Crippen LogP contribution in [0.25, 0.3) is 0 Å². The third kappa shape index (κ3) is 2.69. The van der Waals surface area contributed by atoms with E-state index in [0.29, 0.717) is 12.1 Å². The Balaban J connectivity index is 1.76. The lowest BCUT2D eigenvalue weighted by Crippen LogP contribution is -2.42. The summed E-state index contributed by atoms with van der Waals surface area (Å²) in [6.07, 6.45) is 4.05. The molecule has 0 aromatic rings. The van der Waals surface area contributed by atoms with Crippen LogP contribution in [0.4, 0.5) is 0 Å². The zero-order valence-corrected chi connectivity index (χ0v) is 9.29. The summed E-state index contributed by atoms with van der Waals surface area (Å²) in [5.41, 5.74) is 0. The van der Waals surface area contributed by atoms with Gasteiger partial charge in [0.15, 0.2) is 0 Å². The fraction of sp³-hybridized carbons (Fsp3) is 0.909. The monoisotopic (exact) mass is 212 g/mol. The molecule has 0 radical (unpaired) electrons. The van der Waals surface area contributed by atoms with Gasteiger partial charge in [0, 0.05) is 12.6 Å². The van der Waals surface area contributed by atoms with Crippen molar-refractivity contribution in [3.8, 4) is 0 Å². The Morgan fingerprint density at radius 2 is 2.33 bits per heavy atom. The van der Waals surface area contributed by atoms with Gasteiger partial charge in [-0.1, -0.05) is 6.92 Å². The first kappa shape index (κ1) is 10.9. The van der Waals surface area contributed by atoms with Crippen molar-refractivity contribution < 1.29 is 9.53 Å². The lowest BCUT2D eigenvalue weighted by Gasteiger charge is -2.16. The van der Waals surface area contributed by atoms with Crippen LogP contribution in [0.3, 0.4) is 0 Å². The second-order valence-corrected chi connectivity index (χ2v) is 4.43. The fourth-order valence-corrected chi connectivity index (χ4v) is 2.27. The topological polar surface area (TPSA) is 50.4 Å². The molecule has 0 bridgehead atoms. The minimum Gasteiger partial charge on any atom is -0.365 e. The standard InChI is InChI=1S/C11H20N2O2/c1-2-9-3-4-10(15-9)11(14)13-8-5-6-12-7-8/h8-10,12H,2-7H2,1H3,(H,13,14). The average Bonchev–Trinajstić information content (AvgIpc) is 2.86. The molecule has 2 N–H and O–H groups in total. The van der Waals surface area contributed by atoms with Crippen molar-refractivity contribution in [1.82, 2.24) is 10.6 Å². The highest BCUT2D eigenvalue weighted by atomic mass is 16.5. The number of hydrogen-bond donors (Lipinski definition) is 2. The summed E-state index contributed by atoms with van der Waals surface area (Å²) < 4.78 is 5.65. The second kappa shape index (κ2) is 4.94. The molecule has 0 aliphatic carbocycles. The first-order valence-corrected chi connectivity index (χ1v) is 5.96. The van der Waals surface area contributed by atoms with E-state index < -0.39 is 0 Å². The molecular formula is C11H20N2O2. The molecule has 15 heavy (non-hydrogen) atoms. The number of nitrogens with one attached hydrogen (secondary N) is 2. The Kier molecular flexibility index (Phi) is 3.59. The largest absolute Gasteiger partial charge is 0.365 e. The van der Waals surface area contributed by atoms with E-state index in [1.165, 1.54) is 0 Å². The number of amides is 1. The summed E-state index contributed by atoms with van der Waals surface area (Å²) in [5, 5.41) is 6.27. The molecule has 0 spiro atoms. The van der Waals surface area contributed by atoms with Crippen LogP contribution in [0.2, 0.25) is 0 Å². The van der Waals surface area contributed by atoms with Gasteiger partial charge in [-0.25, -0.2) is 0 Å². The van der Waals surface area contributed by atoms with Gasteiger partial charge in [-0.2, -0.15) is 0 Å². The van der Waals surface area contributed by atoms with Crippen LogP contribution in [-0.2, 0) is 9.53 Å². The molecule has 4 nitrogen and oxygen atoms in total. The summed E-state index contributed by atoms with van der Waals surface area (Å²) in [7, 11) is 0. The van der Waals surface area contributed by atoms with Crippen molar-refractivity contribution in [3.05, 3.63) is 0 Å². The summed E-state index contributed by atoms with van der Waals surface area (Å²) in [6.45, 7) is 4.01. The predicted octanol–water partition coefficient (Wildman–Crippen LogP) is 0.422. The lowest BCUT2D eigenvalue weighted by molar-refractivity contribution is -0.132. The van der Waals surface area contributed by atoms with Crippen molar-refractivity contribution >= 4 is 5.91 Å².